The van der Waals surface area contributed by atoms with Gasteiger partial charge in [-0.3, -0.25) is 4.79 Å². The molecule has 4 nitrogen and oxygen atoms in total. The zero-order valence-electron chi connectivity index (χ0n) is 11.9. The Morgan fingerprint density at radius 3 is 3.00 bits per heavy atom. The van der Waals surface area contributed by atoms with Crippen molar-refractivity contribution in [2.75, 3.05) is 19.6 Å². The maximum absolute atomic E-state index is 12.5. The number of hydrogen-bond donors (Lipinski definition) is 2. The second-order valence-electron chi connectivity index (χ2n) is 5.16. The van der Waals surface area contributed by atoms with E-state index in [1.165, 1.54) is 18.3 Å². The molecule has 0 spiro atoms. The van der Waals surface area contributed by atoms with Gasteiger partial charge in [0.1, 0.15) is 5.03 Å². The van der Waals surface area contributed by atoms with Crippen molar-refractivity contribution in [1.29, 1.82) is 0 Å². The summed E-state index contributed by atoms with van der Waals surface area (Å²) >= 11 is -0.365. The topological polar surface area (TPSA) is 54.0 Å². The minimum atomic E-state index is -4.46. The summed E-state index contributed by atoms with van der Waals surface area (Å²) in [5.74, 6) is -0.00409. The van der Waals surface area contributed by atoms with E-state index in [4.69, 9.17) is 0 Å². The van der Waals surface area contributed by atoms with Crippen molar-refractivity contribution in [2.45, 2.75) is 29.8 Å². The highest BCUT2D eigenvalue weighted by Crippen LogP contribution is 2.37. The predicted molar refractivity (Wildman–Crippen MR) is 78.7 cm³/mol. The Labute approximate surface area is 131 Å². The third kappa shape index (κ3) is 5.49. The minimum absolute atomic E-state index is 0.0356. The molecule has 1 amide bonds. The van der Waals surface area contributed by atoms with Crippen LogP contribution in [-0.4, -0.2) is 36.0 Å². The van der Waals surface area contributed by atoms with Gasteiger partial charge in [-0.05, 0) is 50.4 Å². The number of aromatic nitrogens is 1. The molecule has 0 saturated carbocycles. The van der Waals surface area contributed by atoms with Crippen LogP contribution in [0.3, 0.4) is 0 Å². The number of hydrogen-bond acceptors (Lipinski definition) is 4. The molecule has 1 aliphatic heterocycles. The van der Waals surface area contributed by atoms with E-state index in [0.717, 1.165) is 32.4 Å². The van der Waals surface area contributed by atoms with Gasteiger partial charge >= 0.3 is 5.51 Å². The number of nitrogens with zero attached hydrogens (tertiary/aromatic N) is 1. The molecule has 122 valence electrons. The summed E-state index contributed by atoms with van der Waals surface area (Å²) < 4.78 is 37.4. The Morgan fingerprint density at radius 1 is 1.50 bits per heavy atom. The molecule has 2 heterocycles. The van der Waals surface area contributed by atoms with Crippen LogP contribution in [0.15, 0.2) is 23.4 Å². The third-order valence-electron chi connectivity index (χ3n) is 3.47. The first-order chi connectivity index (χ1) is 10.5. The van der Waals surface area contributed by atoms with Gasteiger partial charge in [-0.15, -0.1) is 0 Å². The first-order valence-corrected chi connectivity index (χ1v) is 7.97. The zero-order valence-corrected chi connectivity index (χ0v) is 12.8. The van der Waals surface area contributed by atoms with E-state index in [0.29, 0.717) is 12.5 Å². The number of carbonyl (C=O) groups is 1. The average molecular weight is 333 g/mol. The largest absolute Gasteiger partial charge is 0.447 e. The molecule has 1 aromatic rings. The number of thioether (sulfide) groups is 1. The highest BCUT2D eigenvalue weighted by atomic mass is 32.2. The van der Waals surface area contributed by atoms with E-state index in [9.17, 15) is 18.0 Å². The quantitative estimate of drug-likeness (QED) is 0.814. The molecule has 1 aromatic heterocycles. The van der Waals surface area contributed by atoms with Gasteiger partial charge in [-0.2, -0.15) is 13.2 Å². The molecule has 0 aromatic carbocycles. The molecule has 2 N–H and O–H groups in total. The number of alkyl halides is 3. The number of carbonyl (C=O) groups excluding carboxylic acids is 1. The SMILES string of the molecule is O=C(NCCC1CCCNC1)c1cccnc1SC(F)(F)F. The first kappa shape index (κ1) is 17.1. The van der Waals surface area contributed by atoms with E-state index >= 15 is 0 Å². The van der Waals surface area contributed by atoms with Crippen LogP contribution in [0, 0.1) is 5.92 Å². The molecule has 0 aliphatic carbocycles. The monoisotopic (exact) mass is 333 g/mol. The van der Waals surface area contributed by atoms with Crippen LogP contribution in [0.25, 0.3) is 0 Å². The molecule has 0 radical (unpaired) electrons. The normalized spacial score (nSPS) is 19.0. The molecular weight excluding hydrogens is 315 g/mol. The van der Waals surface area contributed by atoms with Gasteiger partial charge < -0.3 is 10.6 Å². The average Bonchev–Trinajstić information content (AvgIpc) is 2.47. The molecule has 8 heteroatoms. The predicted octanol–water partition coefficient (Wildman–Crippen LogP) is 2.81. The fourth-order valence-electron chi connectivity index (χ4n) is 2.41. The maximum Gasteiger partial charge on any atom is 0.447 e. The lowest BCUT2D eigenvalue weighted by molar-refractivity contribution is -0.0329. The summed E-state index contributed by atoms with van der Waals surface area (Å²) in [5.41, 5.74) is -4.50. The lowest BCUT2D eigenvalue weighted by atomic mass is 9.96. The number of halogens is 3. The van der Waals surface area contributed by atoms with E-state index < -0.39 is 11.4 Å². The van der Waals surface area contributed by atoms with Crippen LogP contribution in [0.2, 0.25) is 0 Å². The number of rotatable bonds is 5. The lowest BCUT2D eigenvalue weighted by Gasteiger charge is -2.22. The Balaban J connectivity index is 1.89. The molecule has 0 bridgehead atoms. The number of pyridine rings is 1. The van der Waals surface area contributed by atoms with Crippen molar-refractivity contribution in [2.24, 2.45) is 5.92 Å². The fourth-order valence-corrected chi connectivity index (χ4v) is 3.01. The molecule has 1 fully saturated rings. The van der Waals surface area contributed by atoms with Crippen molar-refractivity contribution < 1.29 is 18.0 Å². The van der Waals surface area contributed by atoms with Crippen LogP contribution < -0.4 is 10.6 Å². The molecular formula is C14H18F3N3OS. The summed E-state index contributed by atoms with van der Waals surface area (Å²) in [6.45, 7) is 2.41. The second-order valence-corrected chi connectivity index (χ2v) is 6.21. The Bertz CT molecular complexity index is 504. The standard InChI is InChI=1S/C14H18F3N3OS/c15-14(16,17)22-13-11(4-2-7-20-13)12(21)19-8-5-10-3-1-6-18-9-10/h2,4,7,10,18H,1,3,5-6,8-9H2,(H,19,21). The van der Waals surface area contributed by atoms with Crippen LogP contribution in [0.1, 0.15) is 29.6 Å². The molecule has 1 aliphatic rings. The zero-order chi connectivity index (χ0) is 16.0. The minimum Gasteiger partial charge on any atom is -0.352 e. The fraction of sp³-hybridized carbons (Fsp3) is 0.571. The van der Waals surface area contributed by atoms with Gasteiger partial charge in [0.25, 0.3) is 5.91 Å². The van der Waals surface area contributed by atoms with Crippen LogP contribution >= 0.6 is 11.8 Å². The lowest BCUT2D eigenvalue weighted by Crippen LogP contribution is -2.33. The van der Waals surface area contributed by atoms with Gasteiger partial charge in [0.15, 0.2) is 0 Å². The highest BCUT2D eigenvalue weighted by Gasteiger charge is 2.32. The maximum atomic E-state index is 12.5. The second kappa shape index (κ2) is 7.82. The van der Waals surface area contributed by atoms with Gasteiger partial charge in [-0.1, -0.05) is 0 Å². The third-order valence-corrected chi connectivity index (χ3v) is 4.22. The molecule has 1 saturated heterocycles. The van der Waals surface area contributed by atoms with Crippen LogP contribution in [0.5, 0.6) is 0 Å². The molecule has 1 unspecified atom stereocenters. The Morgan fingerprint density at radius 2 is 2.32 bits per heavy atom. The first-order valence-electron chi connectivity index (χ1n) is 7.15. The summed E-state index contributed by atoms with van der Waals surface area (Å²) in [6.07, 6.45) is 4.30. The highest BCUT2D eigenvalue weighted by molar-refractivity contribution is 8.00. The van der Waals surface area contributed by atoms with Crippen molar-refractivity contribution >= 4 is 17.7 Å². The number of amides is 1. The van der Waals surface area contributed by atoms with E-state index in [1.807, 2.05) is 0 Å². The van der Waals surface area contributed by atoms with Crippen molar-refractivity contribution in [3.05, 3.63) is 23.9 Å². The van der Waals surface area contributed by atoms with Crippen molar-refractivity contribution in [1.82, 2.24) is 15.6 Å². The van der Waals surface area contributed by atoms with Gasteiger partial charge in [0.2, 0.25) is 0 Å². The Hall–Kier alpha value is -1.28. The molecule has 1 atom stereocenters. The summed E-state index contributed by atoms with van der Waals surface area (Å²) in [6, 6.07) is 2.82. The van der Waals surface area contributed by atoms with Gasteiger partial charge in [0.05, 0.1) is 5.56 Å². The van der Waals surface area contributed by atoms with Gasteiger partial charge in [-0.25, -0.2) is 4.98 Å². The summed E-state index contributed by atoms with van der Waals surface area (Å²) in [7, 11) is 0. The summed E-state index contributed by atoms with van der Waals surface area (Å²) in [4.78, 5) is 15.7. The van der Waals surface area contributed by atoms with Gasteiger partial charge in [0, 0.05) is 24.5 Å². The van der Waals surface area contributed by atoms with Crippen molar-refractivity contribution in [3.8, 4) is 0 Å². The molecule has 2 rings (SSSR count). The van der Waals surface area contributed by atoms with Crippen LogP contribution in [0.4, 0.5) is 13.2 Å². The van der Waals surface area contributed by atoms with E-state index in [2.05, 4.69) is 15.6 Å². The summed E-state index contributed by atoms with van der Waals surface area (Å²) in [5, 5.41) is 5.66. The van der Waals surface area contributed by atoms with E-state index in [1.54, 1.807) is 0 Å². The number of nitrogens with one attached hydrogen (secondary N) is 2. The number of piperidine rings is 1. The molecule has 22 heavy (non-hydrogen) atoms. The smallest absolute Gasteiger partial charge is 0.352 e. The van der Waals surface area contributed by atoms with Crippen molar-refractivity contribution in [3.63, 3.8) is 0 Å². The Kier molecular flexibility index (Phi) is 6.07. The van der Waals surface area contributed by atoms with E-state index in [-0.39, 0.29) is 22.4 Å². The van der Waals surface area contributed by atoms with Crippen LogP contribution in [-0.2, 0) is 0 Å².